The van der Waals surface area contributed by atoms with Gasteiger partial charge in [0, 0.05) is 5.57 Å². The summed E-state index contributed by atoms with van der Waals surface area (Å²) in [6, 6.07) is 17.0. The highest BCUT2D eigenvalue weighted by molar-refractivity contribution is 5.88. The number of allylic oxidation sites excluding steroid dienone is 1. The molecular weight excluding hydrogens is 380 g/mol. The van der Waals surface area contributed by atoms with Crippen molar-refractivity contribution in [1.82, 2.24) is 0 Å². The summed E-state index contributed by atoms with van der Waals surface area (Å²) < 4.78 is 16.4. The topological polar surface area (TPSA) is 61.8 Å². The van der Waals surface area contributed by atoms with Crippen molar-refractivity contribution in [2.45, 2.75) is 34.3 Å². The lowest BCUT2D eigenvalue weighted by atomic mass is 10.1. The molecule has 0 aromatic heterocycles. The molecule has 2 unspecified atom stereocenters. The van der Waals surface area contributed by atoms with E-state index in [0.717, 1.165) is 11.3 Å². The van der Waals surface area contributed by atoms with Crippen molar-refractivity contribution < 1.29 is 23.8 Å². The van der Waals surface area contributed by atoms with Crippen LogP contribution in [0.2, 0.25) is 0 Å². The number of hydrogen-bond acceptors (Lipinski definition) is 5. The minimum Gasteiger partial charge on any atom is -0.463 e. The summed E-state index contributed by atoms with van der Waals surface area (Å²) >= 11 is 0. The first kappa shape index (κ1) is 21.6. The van der Waals surface area contributed by atoms with Crippen molar-refractivity contribution in [2.24, 2.45) is 17.3 Å². The highest BCUT2D eigenvalue weighted by atomic mass is 16.5. The second kappa shape index (κ2) is 9.16. The molecule has 0 spiro atoms. The summed E-state index contributed by atoms with van der Waals surface area (Å²) in [4.78, 5) is 24.5. The van der Waals surface area contributed by atoms with E-state index in [1.807, 2.05) is 74.5 Å². The Kier molecular flexibility index (Phi) is 6.60. The molecule has 3 rings (SSSR count). The normalized spacial score (nSPS) is 19.7. The van der Waals surface area contributed by atoms with Gasteiger partial charge in [-0.2, -0.15) is 0 Å². The highest BCUT2D eigenvalue weighted by Crippen LogP contribution is 2.59. The quantitative estimate of drug-likeness (QED) is 0.438. The zero-order valence-corrected chi connectivity index (χ0v) is 17.9. The van der Waals surface area contributed by atoms with Crippen molar-refractivity contribution in [3.8, 4) is 11.5 Å². The molecule has 5 nitrogen and oxygen atoms in total. The van der Waals surface area contributed by atoms with Crippen molar-refractivity contribution in [3.05, 3.63) is 71.8 Å². The van der Waals surface area contributed by atoms with Crippen LogP contribution in [0.1, 0.15) is 33.3 Å². The van der Waals surface area contributed by atoms with Gasteiger partial charge in [-0.25, -0.2) is 4.79 Å². The van der Waals surface area contributed by atoms with Crippen molar-refractivity contribution >= 4 is 11.9 Å². The van der Waals surface area contributed by atoms with Gasteiger partial charge in [0.15, 0.2) is 0 Å². The zero-order valence-electron chi connectivity index (χ0n) is 17.9. The average Bonchev–Trinajstić information content (AvgIpc) is 3.27. The van der Waals surface area contributed by atoms with Crippen LogP contribution in [0.3, 0.4) is 0 Å². The maximum atomic E-state index is 12.7. The first-order valence-electron chi connectivity index (χ1n) is 10.2. The highest BCUT2D eigenvalue weighted by Gasteiger charge is 2.61. The second-order valence-electron chi connectivity index (χ2n) is 8.07. The Labute approximate surface area is 177 Å². The molecule has 0 aliphatic heterocycles. The van der Waals surface area contributed by atoms with E-state index in [-0.39, 0.29) is 35.8 Å². The summed E-state index contributed by atoms with van der Waals surface area (Å²) in [5, 5.41) is 0. The summed E-state index contributed by atoms with van der Waals surface area (Å²) in [5.41, 5.74) is 1.13. The molecule has 2 aromatic rings. The van der Waals surface area contributed by atoms with Gasteiger partial charge in [-0.3, -0.25) is 4.79 Å². The maximum absolute atomic E-state index is 12.7. The minimum absolute atomic E-state index is 0.0397. The molecule has 30 heavy (non-hydrogen) atoms. The van der Waals surface area contributed by atoms with E-state index in [2.05, 4.69) is 0 Å². The Morgan fingerprint density at radius 2 is 1.70 bits per heavy atom. The molecule has 0 saturated heterocycles. The molecule has 2 aromatic carbocycles. The van der Waals surface area contributed by atoms with Gasteiger partial charge in [-0.1, -0.05) is 50.3 Å². The van der Waals surface area contributed by atoms with E-state index in [0.29, 0.717) is 17.9 Å². The van der Waals surface area contributed by atoms with Gasteiger partial charge in [-0.05, 0) is 55.0 Å². The number of rotatable bonds is 8. The Balaban J connectivity index is 1.58. The monoisotopic (exact) mass is 408 g/mol. The predicted octanol–water partition coefficient (Wildman–Crippen LogP) is 5.30. The Morgan fingerprint density at radius 1 is 1.00 bits per heavy atom. The summed E-state index contributed by atoms with van der Waals surface area (Å²) in [5.74, 6) is 0.521. The van der Waals surface area contributed by atoms with E-state index >= 15 is 0 Å². The number of para-hydroxylation sites is 1. The smallest absolute Gasteiger partial charge is 0.333 e. The van der Waals surface area contributed by atoms with E-state index in [4.69, 9.17) is 14.2 Å². The van der Waals surface area contributed by atoms with Crippen LogP contribution in [0.25, 0.3) is 0 Å². The van der Waals surface area contributed by atoms with E-state index in [1.54, 1.807) is 13.8 Å². The van der Waals surface area contributed by atoms with Gasteiger partial charge in [-0.15, -0.1) is 0 Å². The maximum Gasteiger partial charge on any atom is 0.333 e. The van der Waals surface area contributed by atoms with E-state index < -0.39 is 0 Å². The van der Waals surface area contributed by atoms with Crippen molar-refractivity contribution in [2.75, 3.05) is 6.61 Å². The molecule has 0 amide bonds. The molecule has 158 valence electrons. The summed E-state index contributed by atoms with van der Waals surface area (Å²) in [7, 11) is 0. The molecule has 1 aliphatic rings. The summed E-state index contributed by atoms with van der Waals surface area (Å²) in [6.45, 7) is 8.00. The van der Waals surface area contributed by atoms with Gasteiger partial charge in [0.1, 0.15) is 18.1 Å². The van der Waals surface area contributed by atoms with Crippen LogP contribution < -0.4 is 4.74 Å². The molecule has 0 heterocycles. The second-order valence-corrected chi connectivity index (χ2v) is 8.07. The zero-order chi connectivity index (χ0) is 21.7. The predicted molar refractivity (Wildman–Crippen MR) is 114 cm³/mol. The molecule has 0 bridgehead atoms. The van der Waals surface area contributed by atoms with Crippen LogP contribution in [-0.2, 0) is 25.7 Å². The van der Waals surface area contributed by atoms with Crippen LogP contribution >= 0.6 is 0 Å². The molecule has 2 atom stereocenters. The van der Waals surface area contributed by atoms with E-state index in [1.165, 1.54) is 0 Å². The lowest BCUT2D eigenvalue weighted by molar-refractivity contribution is -0.147. The third kappa shape index (κ3) is 5.09. The lowest BCUT2D eigenvalue weighted by Gasteiger charge is -2.09. The largest absolute Gasteiger partial charge is 0.463 e. The standard InChI is InChI=1S/C25H28O5/c1-5-28-23(26)17(2)14-21-22(25(21,3)4)24(27)29-16-18-10-9-13-20(15-18)30-19-11-7-6-8-12-19/h6-15,21-22H,5,16H2,1-4H3/b17-14+. The number of hydrogen-bond donors (Lipinski definition) is 0. The number of carbonyl (C=O) groups is 2. The molecule has 0 N–H and O–H groups in total. The molecule has 1 fully saturated rings. The van der Waals surface area contributed by atoms with Gasteiger partial charge in [0.05, 0.1) is 12.5 Å². The van der Waals surface area contributed by atoms with Crippen LogP contribution in [-0.4, -0.2) is 18.5 Å². The fourth-order valence-electron chi connectivity index (χ4n) is 3.59. The van der Waals surface area contributed by atoms with Gasteiger partial charge >= 0.3 is 11.9 Å². The van der Waals surface area contributed by atoms with Gasteiger partial charge in [0.2, 0.25) is 0 Å². The SMILES string of the molecule is CCOC(=O)/C(C)=C/C1C(C(=O)OCc2cccc(Oc3ccccc3)c2)C1(C)C. The minimum atomic E-state index is -0.345. The lowest BCUT2D eigenvalue weighted by Crippen LogP contribution is -2.10. The summed E-state index contributed by atoms with van der Waals surface area (Å²) in [6.07, 6.45) is 1.83. The number of benzene rings is 2. The van der Waals surface area contributed by atoms with Crippen molar-refractivity contribution in [3.63, 3.8) is 0 Å². The molecule has 5 heteroatoms. The Bertz CT molecular complexity index is 930. The fraction of sp³-hybridized carbons (Fsp3) is 0.360. The first-order valence-corrected chi connectivity index (χ1v) is 10.2. The molecule has 0 radical (unpaired) electrons. The van der Waals surface area contributed by atoms with Crippen LogP contribution in [0.15, 0.2) is 66.2 Å². The Hall–Kier alpha value is -3.08. The third-order valence-electron chi connectivity index (χ3n) is 5.45. The molecular formula is C25H28O5. The average molecular weight is 408 g/mol. The number of esters is 2. The fourth-order valence-corrected chi connectivity index (χ4v) is 3.59. The van der Waals surface area contributed by atoms with E-state index in [9.17, 15) is 9.59 Å². The van der Waals surface area contributed by atoms with Gasteiger partial charge in [0.25, 0.3) is 0 Å². The third-order valence-corrected chi connectivity index (χ3v) is 5.45. The van der Waals surface area contributed by atoms with Gasteiger partial charge < -0.3 is 14.2 Å². The Morgan fingerprint density at radius 3 is 2.40 bits per heavy atom. The molecule has 1 saturated carbocycles. The van der Waals surface area contributed by atoms with Crippen LogP contribution in [0, 0.1) is 17.3 Å². The van der Waals surface area contributed by atoms with Crippen LogP contribution in [0.5, 0.6) is 11.5 Å². The molecule has 1 aliphatic carbocycles. The first-order chi connectivity index (χ1) is 14.3. The number of ether oxygens (including phenoxy) is 3. The number of carbonyl (C=O) groups excluding carboxylic acids is 2. The van der Waals surface area contributed by atoms with Crippen LogP contribution in [0.4, 0.5) is 0 Å². The van der Waals surface area contributed by atoms with Crippen molar-refractivity contribution in [1.29, 1.82) is 0 Å².